The van der Waals surface area contributed by atoms with Crippen molar-refractivity contribution >= 4 is 38.7 Å². The van der Waals surface area contributed by atoms with Crippen LogP contribution in [0, 0.1) is 0 Å². The summed E-state index contributed by atoms with van der Waals surface area (Å²) < 4.78 is 2.39. The van der Waals surface area contributed by atoms with Crippen molar-refractivity contribution in [3.05, 3.63) is 228 Å². The molecule has 3 nitrogen and oxygen atoms in total. The Hall–Kier alpha value is -7.30. The van der Waals surface area contributed by atoms with Crippen molar-refractivity contribution < 1.29 is 0 Å². The molecule has 1 aliphatic rings. The number of hydrogen-bond acceptors (Lipinski definition) is 2. The van der Waals surface area contributed by atoms with Gasteiger partial charge in [0, 0.05) is 21.8 Å². The normalized spacial score (nSPS) is 13.1. The third-order valence-corrected chi connectivity index (χ3v) is 13.2. The van der Waals surface area contributed by atoms with Crippen molar-refractivity contribution in [1.29, 1.82) is 0 Å². The average molecular weight is 798 g/mol. The van der Waals surface area contributed by atoms with Crippen LogP contribution in [0.3, 0.4) is 0 Å². The Labute approximate surface area is 363 Å². The monoisotopic (exact) mass is 797 g/mol. The van der Waals surface area contributed by atoms with E-state index < -0.39 is 6.17 Å². The zero-order chi connectivity index (χ0) is 42.0. The minimum absolute atomic E-state index is 0.0608. The number of nitrogens with zero attached hydrogens (tertiary/aromatic N) is 1. The van der Waals surface area contributed by atoms with E-state index in [0.29, 0.717) is 0 Å². The summed E-state index contributed by atoms with van der Waals surface area (Å²) >= 11 is 0. The first kappa shape index (κ1) is 37.7. The third kappa shape index (κ3) is 6.29. The Kier molecular flexibility index (Phi) is 9.12. The molecule has 4 N–H and O–H groups in total. The van der Waals surface area contributed by atoms with Gasteiger partial charge in [0.2, 0.25) is 0 Å². The minimum Gasteiger partial charge on any atom is -0.312 e. The van der Waals surface area contributed by atoms with Crippen molar-refractivity contribution in [2.24, 2.45) is 11.5 Å². The molecule has 0 atom stereocenters. The summed E-state index contributed by atoms with van der Waals surface area (Å²) in [5.41, 5.74) is 31.7. The van der Waals surface area contributed by atoms with E-state index in [4.69, 9.17) is 11.5 Å². The second-order valence-corrected chi connectivity index (χ2v) is 17.2. The molecule has 1 aliphatic carbocycles. The molecule has 9 aromatic carbocycles. The van der Waals surface area contributed by atoms with Crippen LogP contribution < -0.4 is 11.5 Å². The number of para-hydroxylation sites is 2. The molecule has 0 spiro atoms. The van der Waals surface area contributed by atoms with Gasteiger partial charge in [-0.1, -0.05) is 178 Å². The van der Waals surface area contributed by atoms with Crippen LogP contribution in [0.5, 0.6) is 0 Å². The number of fused-ring (bicyclic) bond motifs is 7. The lowest BCUT2D eigenvalue weighted by Gasteiger charge is -2.22. The van der Waals surface area contributed by atoms with Crippen molar-refractivity contribution in [3.8, 4) is 50.2 Å². The molecule has 0 fully saturated rings. The van der Waals surface area contributed by atoms with Crippen LogP contribution in [-0.2, 0) is 11.8 Å². The second kappa shape index (κ2) is 15.0. The van der Waals surface area contributed by atoms with Gasteiger partial charge in [0.1, 0.15) is 0 Å². The molecule has 62 heavy (non-hydrogen) atoms. The molecule has 0 aliphatic heterocycles. The van der Waals surface area contributed by atoms with Crippen molar-refractivity contribution in [1.82, 2.24) is 4.57 Å². The Bertz CT molecular complexity index is 3380. The number of hydrogen-bond donors (Lipinski definition) is 2. The summed E-state index contributed by atoms with van der Waals surface area (Å²) in [5.74, 6) is 0. The van der Waals surface area contributed by atoms with Crippen LogP contribution in [-0.4, -0.2) is 4.57 Å². The first-order chi connectivity index (χ1) is 30.3. The number of rotatable bonds is 8. The lowest BCUT2D eigenvalue weighted by Crippen LogP contribution is -2.19. The average Bonchev–Trinajstić information content (AvgIpc) is 3.76. The van der Waals surface area contributed by atoms with Crippen LogP contribution in [0.2, 0.25) is 0 Å². The SMILES string of the molecule is CC1(C)c2cc3ccccc3cc2-c2c(-c3ccc(/C=C/Cc4ccccc4-c4ccc5c(c4)c4ccccc4n5-c4ccccc4-c4cccc(C(N)N)c4)cc3)cccc21. The second-order valence-electron chi connectivity index (χ2n) is 17.2. The Morgan fingerprint density at radius 3 is 2.00 bits per heavy atom. The molecule has 1 aromatic heterocycles. The summed E-state index contributed by atoms with van der Waals surface area (Å²) in [6, 6.07) is 70.7. The Balaban J connectivity index is 0.897. The fourth-order valence-electron chi connectivity index (χ4n) is 10.0. The van der Waals surface area contributed by atoms with E-state index in [1.807, 2.05) is 12.1 Å². The van der Waals surface area contributed by atoms with Crippen LogP contribution in [0.4, 0.5) is 0 Å². The maximum atomic E-state index is 6.10. The van der Waals surface area contributed by atoms with E-state index in [1.165, 1.54) is 82.7 Å². The van der Waals surface area contributed by atoms with Crippen LogP contribution in [0.15, 0.2) is 200 Å². The van der Waals surface area contributed by atoms with Crippen LogP contribution in [0.1, 0.15) is 47.8 Å². The van der Waals surface area contributed by atoms with Gasteiger partial charge in [0.25, 0.3) is 0 Å². The minimum atomic E-state index is -0.533. The summed E-state index contributed by atoms with van der Waals surface area (Å²) in [6.07, 6.45) is 4.84. The summed E-state index contributed by atoms with van der Waals surface area (Å²) in [7, 11) is 0. The fraction of sp³-hybridized carbons (Fsp3) is 0.0847. The fourth-order valence-corrected chi connectivity index (χ4v) is 10.0. The van der Waals surface area contributed by atoms with Crippen LogP contribution in [0.25, 0.3) is 88.8 Å². The molecule has 11 rings (SSSR count). The highest BCUT2D eigenvalue weighted by atomic mass is 15.0. The molecular weight excluding hydrogens is 751 g/mol. The molecule has 0 bridgehead atoms. The van der Waals surface area contributed by atoms with E-state index in [1.54, 1.807) is 0 Å². The zero-order valence-electron chi connectivity index (χ0n) is 35.0. The van der Waals surface area contributed by atoms with Gasteiger partial charge in [-0.25, -0.2) is 0 Å². The molecule has 0 saturated heterocycles. The van der Waals surface area contributed by atoms with E-state index in [2.05, 4.69) is 213 Å². The zero-order valence-corrected chi connectivity index (χ0v) is 35.0. The number of allylic oxidation sites excluding steroid dienone is 1. The lowest BCUT2D eigenvalue weighted by molar-refractivity contribution is 0.661. The molecule has 3 heteroatoms. The Morgan fingerprint density at radius 2 is 1.16 bits per heavy atom. The smallest absolute Gasteiger partial charge is 0.0784 e. The topological polar surface area (TPSA) is 57.0 Å². The molecule has 10 aromatic rings. The first-order valence-corrected chi connectivity index (χ1v) is 21.6. The maximum absolute atomic E-state index is 6.10. The number of aromatic nitrogens is 1. The van der Waals surface area contributed by atoms with Gasteiger partial charge >= 0.3 is 0 Å². The predicted molar refractivity (Wildman–Crippen MR) is 262 cm³/mol. The summed E-state index contributed by atoms with van der Waals surface area (Å²) in [6.45, 7) is 4.73. The highest BCUT2D eigenvalue weighted by Gasteiger charge is 2.37. The molecule has 1 heterocycles. The van der Waals surface area contributed by atoms with Gasteiger partial charge < -0.3 is 16.0 Å². The Morgan fingerprint density at radius 1 is 0.500 bits per heavy atom. The first-order valence-electron chi connectivity index (χ1n) is 21.6. The van der Waals surface area contributed by atoms with Gasteiger partial charge in [0.15, 0.2) is 0 Å². The number of nitrogens with two attached hydrogens (primary N) is 2. The molecular formula is C59H47N3. The van der Waals surface area contributed by atoms with E-state index in [-0.39, 0.29) is 5.41 Å². The van der Waals surface area contributed by atoms with Gasteiger partial charge in [-0.3, -0.25) is 0 Å². The maximum Gasteiger partial charge on any atom is 0.0784 e. The largest absolute Gasteiger partial charge is 0.312 e. The van der Waals surface area contributed by atoms with Crippen LogP contribution >= 0.6 is 0 Å². The molecule has 0 unspecified atom stereocenters. The van der Waals surface area contributed by atoms with Crippen molar-refractivity contribution in [2.75, 3.05) is 0 Å². The van der Waals surface area contributed by atoms with Gasteiger partial charge in [0.05, 0.1) is 22.9 Å². The van der Waals surface area contributed by atoms with Gasteiger partial charge in [-0.15, -0.1) is 0 Å². The van der Waals surface area contributed by atoms with Gasteiger partial charge in [-0.05, 0) is 126 Å². The third-order valence-electron chi connectivity index (χ3n) is 13.2. The van der Waals surface area contributed by atoms with E-state index in [9.17, 15) is 0 Å². The molecule has 298 valence electrons. The lowest BCUT2D eigenvalue weighted by atomic mass is 9.81. The quantitative estimate of drug-likeness (QED) is 0.150. The highest BCUT2D eigenvalue weighted by Crippen LogP contribution is 2.53. The molecule has 0 amide bonds. The summed E-state index contributed by atoms with van der Waals surface area (Å²) in [4.78, 5) is 0. The predicted octanol–water partition coefficient (Wildman–Crippen LogP) is 14.4. The van der Waals surface area contributed by atoms with E-state index >= 15 is 0 Å². The molecule has 0 saturated carbocycles. The van der Waals surface area contributed by atoms with Crippen molar-refractivity contribution in [3.63, 3.8) is 0 Å². The number of benzene rings is 9. The van der Waals surface area contributed by atoms with E-state index in [0.717, 1.165) is 34.3 Å². The molecule has 0 radical (unpaired) electrons. The van der Waals surface area contributed by atoms with Crippen molar-refractivity contribution in [2.45, 2.75) is 31.8 Å². The standard InChI is InChI=1S/C59H47N3/c1-59(2)52-25-13-24-48(57(52)51-35-41-16-3-4-17-42(41)37-53(51)59)40-30-28-38(29-31-40)14-11-18-39-15-5-6-21-46(39)44-32-33-56-50(36-44)49-23-8-10-27-55(49)62(56)54-26-9-7-22-47(54)43-19-12-20-45(34-43)58(60)61/h3-17,19-37,58H,18,60-61H2,1-2H3/b14-11+. The summed E-state index contributed by atoms with van der Waals surface area (Å²) in [5, 5.41) is 5.03. The highest BCUT2D eigenvalue weighted by molar-refractivity contribution is 6.11. The van der Waals surface area contributed by atoms with Gasteiger partial charge in [-0.2, -0.15) is 0 Å².